The van der Waals surface area contributed by atoms with Gasteiger partial charge in [-0.2, -0.15) is 0 Å². The Hall–Kier alpha value is -1.57. The van der Waals surface area contributed by atoms with Gasteiger partial charge in [-0.3, -0.25) is 0 Å². The van der Waals surface area contributed by atoms with Crippen molar-refractivity contribution < 1.29 is 0 Å². The van der Waals surface area contributed by atoms with E-state index < -0.39 is 0 Å². The van der Waals surface area contributed by atoms with E-state index in [1.165, 1.54) is 22.4 Å². The molecule has 19 heavy (non-hydrogen) atoms. The van der Waals surface area contributed by atoms with Crippen LogP contribution < -0.4 is 0 Å². The summed E-state index contributed by atoms with van der Waals surface area (Å²) >= 11 is 0. The molecule has 0 aliphatic heterocycles. The minimum absolute atomic E-state index is 0.0953. The molecule has 2 heteroatoms. The molecule has 1 aromatic carbocycles. The first-order valence-electron chi connectivity index (χ1n) is 6.97. The van der Waals surface area contributed by atoms with E-state index in [2.05, 4.69) is 62.8 Å². The normalized spacial score (nSPS) is 11.8. The van der Waals surface area contributed by atoms with Crippen LogP contribution >= 0.6 is 0 Å². The van der Waals surface area contributed by atoms with Crippen LogP contribution in [-0.2, 0) is 18.3 Å². The second-order valence-electron chi connectivity index (χ2n) is 6.44. The number of hydrogen-bond acceptors (Lipinski definition) is 1. The molecule has 102 valence electrons. The lowest BCUT2D eigenvalue weighted by Gasteiger charge is -2.14. The molecule has 0 spiro atoms. The Morgan fingerprint density at radius 1 is 1.11 bits per heavy atom. The van der Waals surface area contributed by atoms with Crippen LogP contribution in [0.4, 0.5) is 0 Å². The summed E-state index contributed by atoms with van der Waals surface area (Å²) in [7, 11) is 0. The predicted octanol–water partition coefficient (Wildman–Crippen LogP) is 4.11. The smallest absolute Gasteiger partial charge is 0.111 e. The second-order valence-corrected chi connectivity index (χ2v) is 6.44. The average molecular weight is 256 g/mol. The van der Waals surface area contributed by atoms with E-state index in [9.17, 15) is 0 Å². The molecule has 2 aromatic rings. The Bertz CT molecular complexity index is 559. The fourth-order valence-corrected chi connectivity index (χ4v) is 2.26. The van der Waals surface area contributed by atoms with Crippen LogP contribution in [-0.4, -0.2) is 9.97 Å². The van der Waals surface area contributed by atoms with Crippen molar-refractivity contribution in [2.45, 2.75) is 52.9 Å². The Kier molecular flexibility index (Phi) is 3.79. The number of aromatic nitrogens is 2. The highest BCUT2D eigenvalue weighted by molar-refractivity contribution is 5.30. The Labute approximate surface area is 116 Å². The summed E-state index contributed by atoms with van der Waals surface area (Å²) < 4.78 is 0. The van der Waals surface area contributed by atoms with Crippen LogP contribution in [0.2, 0.25) is 0 Å². The molecule has 1 aromatic heterocycles. The zero-order chi connectivity index (χ0) is 14.0. The quantitative estimate of drug-likeness (QED) is 0.879. The average Bonchev–Trinajstić information content (AvgIpc) is 2.76. The Morgan fingerprint density at radius 2 is 1.84 bits per heavy atom. The number of aryl methyl sites for hydroxylation is 4. The lowest BCUT2D eigenvalue weighted by atomic mass is 9.96. The number of H-pyrrole nitrogens is 1. The largest absolute Gasteiger partial charge is 0.345 e. The topological polar surface area (TPSA) is 28.7 Å². The van der Waals surface area contributed by atoms with E-state index in [4.69, 9.17) is 0 Å². The van der Waals surface area contributed by atoms with Crippen LogP contribution in [0, 0.1) is 13.8 Å². The van der Waals surface area contributed by atoms with Gasteiger partial charge in [0.25, 0.3) is 0 Å². The summed E-state index contributed by atoms with van der Waals surface area (Å²) in [6, 6.07) is 6.68. The first-order valence-corrected chi connectivity index (χ1v) is 6.97. The number of nitrogens with zero attached hydrogens (tertiary/aromatic N) is 1. The maximum absolute atomic E-state index is 4.48. The van der Waals surface area contributed by atoms with Crippen molar-refractivity contribution in [2.24, 2.45) is 0 Å². The highest BCUT2D eigenvalue weighted by Crippen LogP contribution is 2.19. The van der Waals surface area contributed by atoms with Gasteiger partial charge >= 0.3 is 0 Å². The molecular formula is C17H24N2. The Balaban J connectivity index is 2.04. The number of imidazole rings is 1. The molecule has 0 fully saturated rings. The van der Waals surface area contributed by atoms with Crippen LogP contribution in [0.1, 0.15) is 49.0 Å². The van der Waals surface area contributed by atoms with E-state index in [1.807, 2.05) is 6.20 Å². The van der Waals surface area contributed by atoms with Crippen molar-refractivity contribution in [1.82, 2.24) is 9.97 Å². The lowest BCUT2D eigenvalue weighted by Crippen LogP contribution is -2.13. The van der Waals surface area contributed by atoms with E-state index in [1.54, 1.807) is 0 Å². The maximum Gasteiger partial charge on any atom is 0.111 e. The number of aromatic amines is 1. The van der Waals surface area contributed by atoms with E-state index in [-0.39, 0.29) is 5.41 Å². The summed E-state index contributed by atoms with van der Waals surface area (Å²) in [6.45, 7) is 10.9. The Morgan fingerprint density at radius 3 is 2.42 bits per heavy atom. The molecule has 0 bridgehead atoms. The zero-order valence-corrected chi connectivity index (χ0v) is 12.7. The first-order chi connectivity index (χ1) is 8.86. The lowest BCUT2D eigenvalue weighted by molar-refractivity contribution is 0.551. The molecule has 2 rings (SSSR count). The molecule has 0 aliphatic carbocycles. The van der Waals surface area contributed by atoms with Crippen LogP contribution in [0.15, 0.2) is 24.4 Å². The molecule has 1 heterocycles. The molecule has 1 N–H and O–H groups in total. The van der Waals surface area contributed by atoms with Crippen molar-refractivity contribution in [3.63, 3.8) is 0 Å². The van der Waals surface area contributed by atoms with Gasteiger partial charge in [0.05, 0.1) is 0 Å². The SMILES string of the molecule is Cc1ccc(CCc2cnc(C(C)(C)C)[nH]2)c(C)c1. The third kappa shape index (κ3) is 3.46. The van der Waals surface area contributed by atoms with E-state index in [0.29, 0.717) is 0 Å². The molecule has 0 unspecified atom stereocenters. The molecule has 0 radical (unpaired) electrons. The third-order valence-corrected chi connectivity index (χ3v) is 3.50. The number of nitrogens with one attached hydrogen (secondary N) is 1. The standard InChI is InChI=1S/C17H24N2/c1-12-6-7-14(13(2)10-12)8-9-15-11-18-16(19-15)17(3,4)5/h6-7,10-11H,8-9H2,1-5H3,(H,18,19). The van der Waals surface area contributed by atoms with Gasteiger partial charge in [-0.25, -0.2) is 4.98 Å². The minimum atomic E-state index is 0.0953. The van der Waals surface area contributed by atoms with Gasteiger partial charge in [0.15, 0.2) is 0 Å². The maximum atomic E-state index is 4.48. The van der Waals surface area contributed by atoms with Gasteiger partial charge in [0, 0.05) is 17.3 Å². The van der Waals surface area contributed by atoms with E-state index in [0.717, 1.165) is 18.7 Å². The fraction of sp³-hybridized carbons (Fsp3) is 0.471. The van der Waals surface area contributed by atoms with Gasteiger partial charge in [-0.05, 0) is 37.8 Å². The fourth-order valence-electron chi connectivity index (χ4n) is 2.26. The molecule has 0 atom stereocenters. The molecular weight excluding hydrogens is 232 g/mol. The summed E-state index contributed by atoms with van der Waals surface area (Å²) in [5.74, 6) is 1.07. The van der Waals surface area contributed by atoms with Crippen molar-refractivity contribution in [3.8, 4) is 0 Å². The van der Waals surface area contributed by atoms with E-state index >= 15 is 0 Å². The van der Waals surface area contributed by atoms with Crippen molar-refractivity contribution >= 4 is 0 Å². The number of benzene rings is 1. The van der Waals surface area contributed by atoms with Crippen LogP contribution in [0.25, 0.3) is 0 Å². The minimum Gasteiger partial charge on any atom is -0.345 e. The molecule has 2 nitrogen and oxygen atoms in total. The molecule has 0 saturated carbocycles. The highest BCUT2D eigenvalue weighted by Gasteiger charge is 2.17. The predicted molar refractivity (Wildman–Crippen MR) is 80.6 cm³/mol. The van der Waals surface area contributed by atoms with Crippen LogP contribution in [0.3, 0.4) is 0 Å². The zero-order valence-electron chi connectivity index (χ0n) is 12.7. The number of rotatable bonds is 3. The summed E-state index contributed by atoms with van der Waals surface area (Å²) in [5.41, 5.74) is 5.47. The van der Waals surface area contributed by atoms with Gasteiger partial charge in [0.2, 0.25) is 0 Å². The summed E-state index contributed by atoms with van der Waals surface area (Å²) in [6.07, 6.45) is 4.06. The highest BCUT2D eigenvalue weighted by atomic mass is 14.9. The molecule has 0 saturated heterocycles. The number of hydrogen-bond donors (Lipinski definition) is 1. The van der Waals surface area contributed by atoms with Crippen molar-refractivity contribution in [3.05, 3.63) is 52.6 Å². The monoisotopic (exact) mass is 256 g/mol. The van der Waals surface area contributed by atoms with Gasteiger partial charge < -0.3 is 4.98 Å². The third-order valence-electron chi connectivity index (χ3n) is 3.50. The van der Waals surface area contributed by atoms with Gasteiger partial charge in [-0.15, -0.1) is 0 Å². The van der Waals surface area contributed by atoms with Crippen molar-refractivity contribution in [1.29, 1.82) is 0 Å². The van der Waals surface area contributed by atoms with Crippen LogP contribution in [0.5, 0.6) is 0 Å². The van der Waals surface area contributed by atoms with Gasteiger partial charge in [0.1, 0.15) is 5.82 Å². The second kappa shape index (κ2) is 5.20. The summed E-state index contributed by atoms with van der Waals surface area (Å²) in [4.78, 5) is 7.92. The molecule has 0 amide bonds. The van der Waals surface area contributed by atoms with Gasteiger partial charge in [-0.1, -0.05) is 44.5 Å². The first kappa shape index (κ1) is 13.9. The molecule has 0 aliphatic rings. The van der Waals surface area contributed by atoms with Crippen molar-refractivity contribution in [2.75, 3.05) is 0 Å². The summed E-state index contributed by atoms with van der Waals surface area (Å²) in [5, 5.41) is 0.